The summed E-state index contributed by atoms with van der Waals surface area (Å²) >= 11 is 2.55. The van der Waals surface area contributed by atoms with Crippen LogP contribution in [0.15, 0.2) is 51.2 Å². The van der Waals surface area contributed by atoms with E-state index in [1.807, 2.05) is 5.38 Å². The van der Waals surface area contributed by atoms with E-state index in [4.69, 9.17) is 9.41 Å². The highest BCUT2D eigenvalue weighted by atomic mass is 32.1. The van der Waals surface area contributed by atoms with Crippen LogP contribution in [-0.4, -0.2) is 76.7 Å². The number of thiazole rings is 1. The summed E-state index contributed by atoms with van der Waals surface area (Å²) in [5, 5.41) is 45.4. The summed E-state index contributed by atoms with van der Waals surface area (Å²) < 4.78 is 9.96. The van der Waals surface area contributed by atoms with Crippen LogP contribution in [0, 0.1) is 0 Å². The first-order valence-electron chi connectivity index (χ1n) is 10.0. The molecule has 3 N–H and O–H groups in total. The van der Waals surface area contributed by atoms with Gasteiger partial charge in [-0.25, -0.2) is 15.0 Å². The molecule has 0 spiro atoms. The molecule has 0 saturated heterocycles. The van der Waals surface area contributed by atoms with Gasteiger partial charge >= 0.3 is 0 Å². The van der Waals surface area contributed by atoms with Gasteiger partial charge in [0.25, 0.3) is 0 Å². The average molecular weight is 519 g/mol. The van der Waals surface area contributed by atoms with E-state index in [9.17, 15) is 0 Å². The standard InChI is InChI=1S/C17H10N16OS2/c1-3-34-16(19-1)17(9-5-20-28-24-9)13(15-18-2-4-35-15)22-11(8-7-36-32-23-8)12(14-26-30-31-27-14)33(17)10-6-21-29-25-10/h1-7H,(H,20,24,28)(H,21,25,29)(H,26,27,30,31). The summed E-state index contributed by atoms with van der Waals surface area (Å²) in [6.07, 6.45) is 7.72. The van der Waals surface area contributed by atoms with Crippen molar-refractivity contribution in [2.45, 2.75) is 5.54 Å². The molecule has 0 amide bonds. The Balaban J connectivity index is 1.68. The van der Waals surface area contributed by atoms with Crippen LogP contribution < -0.4 is 4.90 Å². The molecule has 17 nitrogen and oxygen atoms in total. The van der Waals surface area contributed by atoms with Crippen LogP contribution in [0.2, 0.25) is 0 Å². The van der Waals surface area contributed by atoms with Gasteiger partial charge in [0.15, 0.2) is 5.82 Å². The fourth-order valence-electron chi connectivity index (χ4n) is 3.99. The normalized spacial score (nSPS) is 18.1. The van der Waals surface area contributed by atoms with Crippen molar-refractivity contribution in [3.63, 3.8) is 0 Å². The van der Waals surface area contributed by atoms with Gasteiger partial charge in [0.05, 0.1) is 18.6 Å². The topological polar surface area (TPSA) is 218 Å². The Labute approximate surface area is 206 Å². The van der Waals surface area contributed by atoms with E-state index in [-0.39, 0.29) is 11.7 Å². The number of oxazole rings is 1. The van der Waals surface area contributed by atoms with Gasteiger partial charge in [0.1, 0.15) is 39.8 Å². The summed E-state index contributed by atoms with van der Waals surface area (Å²) in [6.45, 7) is 0. The Morgan fingerprint density at radius 2 is 1.92 bits per heavy atom. The molecule has 1 atom stereocenters. The molecule has 1 aliphatic rings. The monoisotopic (exact) mass is 518 g/mol. The number of aromatic amines is 3. The van der Waals surface area contributed by atoms with Gasteiger partial charge in [0.2, 0.25) is 17.3 Å². The lowest BCUT2D eigenvalue weighted by Gasteiger charge is -2.43. The van der Waals surface area contributed by atoms with Crippen molar-refractivity contribution in [1.29, 1.82) is 0 Å². The molecular formula is C17H10N16OS2. The minimum absolute atomic E-state index is 0.197. The fraction of sp³-hybridized carbons (Fsp3) is 0.0588. The van der Waals surface area contributed by atoms with E-state index >= 15 is 0 Å². The van der Waals surface area contributed by atoms with Gasteiger partial charge in [-0.3, -0.25) is 4.90 Å². The van der Waals surface area contributed by atoms with Gasteiger partial charge in [-0.05, 0) is 16.7 Å². The maximum absolute atomic E-state index is 5.94. The minimum Gasteiger partial charge on any atom is -0.446 e. The van der Waals surface area contributed by atoms with Crippen molar-refractivity contribution in [3.8, 4) is 0 Å². The third kappa shape index (κ3) is 2.86. The largest absolute Gasteiger partial charge is 0.446 e. The van der Waals surface area contributed by atoms with E-state index in [1.54, 1.807) is 22.7 Å². The van der Waals surface area contributed by atoms with E-state index in [0.29, 0.717) is 39.3 Å². The Kier molecular flexibility index (Phi) is 4.53. The highest BCUT2D eigenvalue weighted by Gasteiger charge is 2.58. The number of tetrazole rings is 1. The van der Waals surface area contributed by atoms with Crippen LogP contribution >= 0.6 is 22.9 Å². The summed E-state index contributed by atoms with van der Waals surface area (Å²) in [5.41, 5.74) is 0.568. The highest BCUT2D eigenvalue weighted by molar-refractivity contribution is 7.11. The smallest absolute Gasteiger partial charge is 0.233 e. The maximum atomic E-state index is 5.94. The second-order valence-corrected chi connectivity index (χ2v) is 8.59. The van der Waals surface area contributed by atoms with Crippen LogP contribution in [0.1, 0.15) is 28.1 Å². The molecule has 176 valence electrons. The number of aromatic nitrogens is 14. The van der Waals surface area contributed by atoms with Crippen molar-refractivity contribution in [2.24, 2.45) is 4.99 Å². The van der Waals surface area contributed by atoms with Crippen molar-refractivity contribution in [1.82, 2.24) is 71.0 Å². The lowest BCUT2D eigenvalue weighted by molar-refractivity contribution is 0.430. The Morgan fingerprint density at radius 1 is 0.972 bits per heavy atom. The van der Waals surface area contributed by atoms with Gasteiger partial charge in [-0.15, -0.1) is 31.7 Å². The predicted octanol–water partition coefficient (Wildman–Crippen LogP) is 0.511. The molecule has 0 aromatic carbocycles. The zero-order chi connectivity index (χ0) is 24.0. The lowest BCUT2D eigenvalue weighted by Crippen LogP contribution is -2.55. The summed E-state index contributed by atoms with van der Waals surface area (Å²) in [4.78, 5) is 15.9. The second-order valence-electron chi connectivity index (χ2n) is 7.09. The fourth-order valence-corrected chi connectivity index (χ4v) is 5.11. The second kappa shape index (κ2) is 8.02. The molecule has 0 fully saturated rings. The molecule has 1 unspecified atom stereocenters. The number of rotatable bonds is 6. The zero-order valence-electron chi connectivity index (χ0n) is 17.6. The molecule has 19 heteroatoms. The number of nitrogens with zero attached hydrogens (tertiary/aromatic N) is 13. The molecule has 7 rings (SSSR count). The van der Waals surface area contributed by atoms with E-state index < -0.39 is 5.54 Å². The third-order valence-electron chi connectivity index (χ3n) is 5.30. The van der Waals surface area contributed by atoms with Gasteiger partial charge in [-0.1, -0.05) is 4.49 Å². The molecule has 0 aliphatic carbocycles. The van der Waals surface area contributed by atoms with Crippen molar-refractivity contribution < 1.29 is 4.42 Å². The number of hydrogen-bond acceptors (Lipinski definition) is 16. The summed E-state index contributed by atoms with van der Waals surface area (Å²) in [5.74, 6) is 0.757. The average Bonchev–Trinajstić information content (AvgIpc) is 3.79. The van der Waals surface area contributed by atoms with E-state index in [2.05, 4.69) is 71.0 Å². The molecule has 0 saturated carbocycles. The highest BCUT2D eigenvalue weighted by Crippen LogP contribution is 2.49. The molecule has 0 bridgehead atoms. The Bertz CT molecular complexity index is 1580. The molecule has 7 heterocycles. The Hall–Kier alpha value is -5.04. The number of hydrogen-bond donors (Lipinski definition) is 3. The van der Waals surface area contributed by atoms with Crippen molar-refractivity contribution >= 4 is 45.8 Å². The summed E-state index contributed by atoms with van der Waals surface area (Å²) in [6, 6.07) is 0. The molecule has 6 aromatic heterocycles. The van der Waals surface area contributed by atoms with Crippen LogP contribution in [0.5, 0.6) is 0 Å². The first-order chi connectivity index (χ1) is 17.9. The van der Waals surface area contributed by atoms with Crippen LogP contribution in [0.25, 0.3) is 11.4 Å². The van der Waals surface area contributed by atoms with Crippen molar-refractivity contribution in [3.05, 3.63) is 69.9 Å². The minimum atomic E-state index is -1.48. The van der Waals surface area contributed by atoms with E-state index in [1.165, 1.54) is 41.5 Å². The molecule has 0 radical (unpaired) electrons. The van der Waals surface area contributed by atoms with Gasteiger partial charge in [0, 0.05) is 17.0 Å². The first kappa shape index (κ1) is 20.3. The number of anilines is 1. The quantitative estimate of drug-likeness (QED) is 0.274. The number of H-pyrrole nitrogens is 3. The van der Waals surface area contributed by atoms with Crippen LogP contribution in [0.3, 0.4) is 0 Å². The van der Waals surface area contributed by atoms with Gasteiger partial charge < -0.3 is 4.42 Å². The summed E-state index contributed by atoms with van der Waals surface area (Å²) in [7, 11) is 0. The molecule has 6 aromatic rings. The number of nitrogens with one attached hydrogen (secondary N) is 3. The van der Waals surface area contributed by atoms with Crippen molar-refractivity contribution in [2.75, 3.05) is 4.90 Å². The van der Waals surface area contributed by atoms with Gasteiger partial charge in [-0.2, -0.15) is 30.9 Å². The molecule has 36 heavy (non-hydrogen) atoms. The van der Waals surface area contributed by atoms with Crippen LogP contribution in [-0.2, 0) is 5.54 Å². The maximum Gasteiger partial charge on any atom is 0.233 e. The molecular weight excluding hydrogens is 508 g/mol. The zero-order valence-corrected chi connectivity index (χ0v) is 19.2. The van der Waals surface area contributed by atoms with E-state index in [0.717, 1.165) is 0 Å². The van der Waals surface area contributed by atoms with Crippen LogP contribution in [0.4, 0.5) is 5.82 Å². The predicted molar refractivity (Wildman–Crippen MR) is 122 cm³/mol. The lowest BCUT2D eigenvalue weighted by atomic mass is 9.84. The Morgan fingerprint density at radius 3 is 2.58 bits per heavy atom. The number of aliphatic imine (C=N–C) groups is 1. The first-order valence-corrected chi connectivity index (χ1v) is 11.8. The third-order valence-corrected chi connectivity index (χ3v) is 6.59. The molecule has 1 aliphatic heterocycles. The SMILES string of the molecule is c1coc(C2(c3cn[nH]n3)C(c3nccs3)=NC(c3csnn3)=C(c3nn[nH]n3)N2c2cn[nH]n2)n1.